The topological polar surface area (TPSA) is 33.2 Å². The number of rotatable bonds is 1. The Bertz CT molecular complexity index is 607. The highest BCUT2D eigenvalue weighted by molar-refractivity contribution is 7.85. The second-order valence-corrected chi connectivity index (χ2v) is 6.46. The largest absolute Gasteiger partial charge is 0.369 e. The van der Waals surface area contributed by atoms with Gasteiger partial charge in [0.15, 0.2) is 0 Å². The molecule has 1 fully saturated rings. The molecule has 0 amide bonds. The number of pyridine rings is 1. The van der Waals surface area contributed by atoms with E-state index in [0.29, 0.717) is 0 Å². The molecule has 2 heterocycles. The van der Waals surface area contributed by atoms with Crippen molar-refractivity contribution in [2.45, 2.75) is 0 Å². The maximum absolute atomic E-state index is 11.4. The number of hydrogen-bond acceptors (Lipinski definition) is 3. The summed E-state index contributed by atoms with van der Waals surface area (Å²) in [6.07, 6.45) is 1.82. The van der Waals surface area contributed by atoms with E-state index in [-0.39, 0.29) is 0 Å². The van der Waals surface area contributed by atoms with E-state index in [1.165, 1.54) is 0 Å². The zero-order chi connectivity index (χ0) is 12.5. The minimum Gasteiger partial charge on any atom is -0.369 e. The van der Waals surface area contributed by atoms with Crippen LogP contribution in [0.5, 0.6) is 0 Å². The summed E-state index contributed by atoms with van der Waals surface area (Å²) in [6.45, 7) is 1.66. The first-order chi connectivity index (χ1) is 8.74. The second-order valence-electron chi connectivity index (χ2n) is 4.33. The summed E-state index contributed by atoms with van der Waals surface area (Å²) >= 11 is 6.06. The maximum Gasteiger partial charge on any atom is 0.0723 e. The Morgan fingerprint density at radius 3 is 2.78 bits per heavy atom. The Morgan fingerprint density at radius 2 is 2.00 bits per heavy atom. The van der Waals surface area contributed by atoms with Gasteiger partial charge in [-0.1, -0.05) is 11.6 Å². The van der Waals surface area contributed by atoms with Crippen LogP contribution in [-0.4, -0.2) is 33.8 Å². The van der Waals surface area contributed by atoms with E-state index in [4.69, 9.17) is 11.6 Å². The molecular weight excluding hydrogens is 268 g/mol. The Kier molecular flexibility index (Phi) is 3.22. The van der Waals surface area contributed by atoms with Crippen LogP contribution in [0.25, 0.3) is 10.9 Å². The van der Waals surface area contributed by atoms with Crippen molar-refractivity contribution in [2.75, 3.05) is 29.5 Å². The summed E-state index contributed by atoms with van der Waals surface area (Å²) in [6, 6.07) is 7.74. The van der Waals surface area contributed by atoms with E-state index in [9.17, 15) is 4.21 Å². The molecule has 18 heavy (non-hydrogen) atoms. The first kappa shape index (κ1) is 11.9. The van der Waals surface area contributed by atoms with Crippen molar-refractivity contribution in [3.05, 3.63) is 35.5 Å². The predicted molar refractivity (Wildman–Crippen MR) is 76.8 cm³/mol. The number of aromatic nitrogens is 1. The van der Waals surface area contributed by atoms with Crippen molar-refractivity contribution in [3.63, 3.8) is 0 Å². The molecule has 94 valence electrons. The molecule has 0 spiro atoms. The molecule has 0 atom stereocenters. The van der Waals surface area contributed by atoms with Crippen LogP contribution >= 0.6 is 11.6 Å². The van der Waals surface area contributed by atoms with Crippen molar-refractivity contribution in [1.82, 2.24) is 4.98 Å². The van der Waals surface area contributed by atoms with Crippen LogP contribution < -0.4 is 4.90 Å². The molecule has 0 aliphatic carbocycles. The van der Waals surface area contributed by atoms with Crippen LogP contribution in [-0.2, 0) is 10.8 Å². The van der Waals surface area contributed by atoms with Gasteiger partial charge in [0.1, 0.15) is 0 Å². The van der Waals surface area contributed by atoms with E-state index in [0.717, 1.165) is 46.2 Å². The quantitative estimate of drug-likeness (QED) is 0.804. The molecule has 3 nitrogen and oxygen atoms in total. The lowest BCUT2D eigenvalue weighted by Gasteiger charge is -2.29. The normalized spacial score (nSPS) is 17.3. The summed E-state index contributed by atoms with van der Waals surface area (Å²) < 4.78 is 11.4. The lowest BCUT2D eigenvalue weighted by molar-refractivity contribution is 0.673. The zero-order valence-electron chi connectivity index (χ0n) is 9.80. The molecule has 1 aromatic carbocycles. The van der Waals surface area contributed by atoms with Gasteiger partial charge in [-0.15, -0.1) is 0 Å². The smallest absolute Gasteiger partial charge is 0.0723 e. The highest BCUT2D eigenvalue weighted by Gasteiger charge is 2.17. The standard InChI is InChI=1S/C13H13ClN2OS/c14-10-1-2-12-11(9-10)13(3-4-15-12)16-5-7-18(17)8-6-16/h1-4,9H,5-8H2. The molecule has 3 rings (SSSR count). The van der Waals surface area contributed by atoms with Crippen molar-refractivity contribution in [3.8, 4) is 0 Å². The molecule has 5 heteroatoms. The Balaban J connectivity index is 2.05. The molecule has 0 N–H and O–H groups in total. The monoisotopic (exact) mass is 280 g/mol. The Labute approximate surface area is 113 Å². The third-order valence-corrected chi connectivity index (χ3v) is 4.71. The number of halogens is 1. The van der Waals surface area contributed by atoms with Gasteiger partial charge in [-0.2, -0.15) is 0 Å². The van der Waals surface area contributed by atoms with Gasteiger partial charge in [-0.25, -0.2) is 0 Å². The van der Waals surface area contributed by atoms with Gasteiger partial charge in [0.25, 0.3) is 0 Å². The van der Waals surface area contributed by atoms with E-state index >= 15 is 0 Å². The van der Waals surface area contributed by atoms with Crippen molar-refractivity contribution < 1.29 is 4.21 Å². The van der Waals surface area contributed by atoms with Crippen molar-refractivity contribution >= 4 is 39.0 Å². The van der Waals surface area contributed by atoms with Crippen molar-refractivity contribution in [1.29, 1.82) is 0 Å². The van der Waals surface area contributed by atoms with Crippen LogP contribution in [0.3, 0.4) is 0 Å². The molecule has 0 saturated carbocycles. The molecule has 0 bridgehead atoms. The molecule has 1 saturated heterocycles. The average molecular weight is 281 g/mol. The van der Waals surface area contributed by atoms with E-state index in [1.54, 1.807) is 0 Å². The van der Waals surface area contributed by atoms with E-state index < -0.39 is 10.8 Å². The number of hydrogen-bond donors (Lipinski definition) is 0. The van der Waals surface area contributed by atoms with Gasteiger partial charge in [0.05, 0.1) is 5.52 Å². The molecule has 0 radical (unpaired) electrons. The van der Waals surface area contributed by atoms with Crippen LogP contribution in [0.4, 0.5) is 5.69 Å². The summed E-state index contributed by atoms with van der Waals surface area (Å²) in [5, 5.41) is 1.79. The fraction of sp³-hybridized carbons (Fsp3) is 0.308. The highest BCUT2D eigenvalue weighted by atomic mass is 35.5. The zero-order valence-corrected chi connectivity index (χ0v) is 11.4. The number of anilines is 1. The van der Waals surface area contributed by atoms with Gasteiger partial charge in [0.2, 0.25) is 0 Å². The minimum absolute atomic E-state index is 0.656. The lowest BCUT2D eigenvalue weighted by Crippen LogP contribution is -2.37. The summed E-state index contributed by atoms with van der Waals surface area (Å²) in [5.74, 6) is 1.48. The fourth-order valence-electron chi connectivity index (χ4n) is 2.26. The summed E-state index contributed by atoms with van der Waals surface area (Å²) in [7, 11) is -0.656. The van der Waals surface area contributed by atoms with Crippen LogP contribution in [0.1, 0.15) is 0 Å². The Morgan fingerprint density at radius 1 is 1.22 bits per heavy atom. The number of fused-ring (bicyclic) bond motifs is 1. The fourth-order valence-corrected chi connectivity index (χ4v) is 3.48. The molecule has 1 aliphatic rings. The molecular formula is C13H13ClN2OS. The predicted octanol–water partition coefficient (Wildman–Crippen LogP) is 2.46. The lowest BCUT2D eigenvalue weighted by atomic mass is 10.1. The first-order valence-corrected chi connectivity index (χ1v) is 7.75. The minimum atomic E-state index is -0.656. The van der Waals surface area contributed by atoms with Gasteiger partial charge < -0.3 is 4.90 Å². The van der Waals surface area contributed by atoms with Gasteiger partial charge in [-0.05, 0) is 24.3 Å². The van der Waals surface area contributed by atoms with Gasteiger partial charge in [-0.3, -0.25) is 9.19 Å². The third-order valence-electron chi connectivity index (χ3n) is 3.20. The second kappa shape index (κ2) is 4.86. The SMILES string of the molecule is O=S1CCN(c2ccnc3ccc(Cl)cc23)CC1. The van der Waals surface area contributed by atoms with Gasteiger partial charge >= 0.3 is 0 Å². The van der Waals surface area contributed by atoms with Gasteiger partial charge in [0, 0.05) is 57.7 Å². The third kappa shape index (κ3) is 2.22. The van der Waals surface area contributed by atoms with E-state index in [1.807, 2.05) is 30.5 Å². The maximum atomic E-state index is 11.4. The molecule has 1 aliphatic heterocycles. The Hall–Kier alpha value is -1.13. The van der Waals surface area contributed by atoms with Crippen molar-refractivity contribution in [2.24, 2.45) is 0 Å². The highest BCUT2D eigenvalue weighted by Crippen LogP contribution is 2.28. The van der Waals surface area contributed by atoms with Crippen LogP contribution in [0, 0.1) is 0 Å². The first-order valence-electron chi connectivity index (χ1n) is 5.88. The number of benzene rings is 1. The number of nitrogens with zero attached hydrogens (tertiary/aromatic N) is 2. The molecule has 0 unspecified atom stereocenters. The average Bonchev–Trinajstić information content (AvgIpc) is 2.39. The van der Waals surface area contributed by atoms with E-state index in [2.05, 4.69) is 9.88 Å². The van der Waals surface area contributed by atoms with Crippen LogP contribution in [0.15, 0.2) is 30.5 Å². The molecule has 1 aromatic heterocycles. The van der Waals surface area contributed by atoms with Crippen LogP contribution in [0.2, 0.25) is 5.02 Å². The molecule has 2 aromatic rings. The summed E-state index contributed by atoms with van der Waals surface area (Å²) in [5.41, 5.74) is 2.09. The summed E-state index contributed by atoms with van der Waals surface area (Å²) in [4.78, 5) is 6.61.